The lowest BCUT2D eigenvalue weighted by molar-refractivity contribution is -0.123. The van der Waals surface area contributed by atoms with Gasteiger partial charge >= 0.3 is 0 Å². The average Bonchev–Trinajstić information content (AvgIpc) is 2.95. The van der Waals surface area contributed by atoms with Gasteiger partial charge in [-0.25, -0.2) is 9.97 Å². The molecule has 104 valence electrons. The highest BCUT2D eigenvalue weighted by Gasteiger charge is 2.33. The van der Waals surface area contributed by atoms with Crippen molar-refractivity contribution in [2.75, 3.05) is 24.7 Å². The van der Waals surface area contributed by atoms with Crippen LogP contribution in [0, 0.1) is 0 Å². The number of carbonyl (C=O) groups excluding carboxylic acids is 1. The molecule has 1 aromatic heterocycles. The Morgan fingerprint density at radius 3 is 2.74 bits per heavy atom. The Balaban J connectivity index is 2.04. The second-order valence-electron chi connectivity index (χ2n) is 4.47. The number of carbonyl (C=O) groups is 1. The van der Waals surface area contributed by atoms with Crippen LogP contribution in [0.5, 0.6) is 0 Å². The Morgan fingerprint density at radius 1 is 1.42 bits per heavy atom. The fourth-order valence-corrected chi connectivity index (χ4v) is 2.16. The molecule has 1 atom stereocenters. The van der Waals surface area contributed by atoms with E-state index in [-0.39, 0.29) is 25.2 Å². The molecule has 1 unspecified atom stereocenters. The van der Waals surface area contributed by atoms with Gasteiger partial charge in [-0.2, -0.15) is 0 Å². The molecule has 0 saturated carbocycles. The molecular weight excluding hydrogens is 248 g/mol. The van der Waals surface area contributed by atoms with Crippen LogP contribution >= 0.6 is 0 Å². The predicted octanol–water partition coefficient (Wildman–Crippen LogP) is -1.09. The lowest BCUT2D eigenvalue weighted by Gasteiger charge is -2.25. The van der Waals surface area contributed by atoms with Gasteiger partial charge in [0, 0.05) is 18.9 Å². The molecule has 1 amide bonds. The number of aromatic nitrogens is 2. The molecule has 2 rings (SSSR count). The van der Waals surface area contributed by atoms with Crippen molar-refractivity contribution in [2.45, 2.75) is 24.9 Å². The first kappa shape index (κ1) is 13.7. The van der Waals surface area contributed by atoms with Crippen molar-refractivity contribution in [2.24, 2.45) is 0 Å². The Labute approximate surface area is 111 Å². The summed E-state index contributed by atoms with van der Waals surface area (Å²) in [6.07, 6.45) is 4.88. The fourth-order valence-electron chi connectivity index (χ4n) is 2.16. The molecule has 1 aliphatic heterocycles. The number of amides is 1. The first-order valence-electron chi connectivity index (χ1n) is 6.32. The molecule has 1 saturated heterocycles. The topological polar surface area (TPSA) is 98.6 Å². The second-order valence-corrected chi connectivity index (χ2v) is 4.47. The zero-order chi connectivity index (χ0) is 13.7. The highest BCUT2D eigenvalue weighted by atomic mass is 16.3. The molecule has 0 radical (unpaired) electrons. The molecule has 3 N–H and O–H groups in total. The zero-order valence-corrected chi connectivity index (χ0v) is 10.6. The van der Waals surface area contributed by atoms with Gasteiger partial charge in [-0.15, -0.1) is 0 Å². The Kier molecular flexibility index (Phi) is 4.64. The summed E-state index contributed by atoms with van der Waals surface area (Å²) in [5.41, 5.74) is 0. The number of anilines is 1. The molecule has 0 spiro atoms. The summed E-state index contributed by atoms with van der Waals surface area (Å²) >= 11 is 0. The summed E-state index contributed by atoms with van der Waals surface area (Å²) in [6.45, 7) is 0.165. The van der Waals surface area contributed by atoms with Crippen molar-refractivity contribution in [3.8, 4) is 0 Å². The summed E-state index contributed by atoms with van der Waals surface area (Å²) in [4.78, 5) is 22.3. The van der Waals surface area contributed by atoms with E-state index in [1.54, 1.807) is 18.5 Å². The molecular formula is C12H18N4O3. The fraction of sp³-hybridized carbons (Fsp3) is 0.583. The molecule has 1 fully saturated rings. The number of hydrogen-bond donors (Lipinski definition) is 3. The second kappa shape index (κ2) is 6.44. The smallest absolute Gasteiger partial charge is 0.243 e. The maximum absolute atomic E-state index is 12.1. The van der Waals surface area contributed by atoms with Crippen molar-refractivity contribution < 1.29 is 15.0 Å². The van der Waals surface area contributed by atoms with E-state index in [0.717, 1.165) is 13.0 Å². The first-order chi connectivity index (χ1) is 9.26. The van der Waals surface area contributed by atoms with E-state index in [4.69, 9.17) is 10.2 Å². The van der Waals surface area contributed by atoms with Crippen LogP contribution < -0.4 is 10.2 Å². The molecule has 1 aliphatic rings. The molecule has 19 heavy (non-hydrogen) atoms. The number of rotatable bonds is 5. The Morgan fingerprint density at radius 2 is 2.11 bits per heavy atom. The van der Waals surface area contributed by atoms with Crippen LogP contribution in [0.2, 0.25) is 0 Å². The summed E-state index contributed by atoms with van der Waals surface area (Å²) in [7, 11) is 0. The molecule has 2 heterocycles. The van der Waals surface area contributed by atoms with E-state index in [0.29, 0.717) is 12.4 Å². The van der Waals surface area contributed by atoms with Crippen LogP contribution in [0.25, 0.3) is 0 Å². The van der Waals surface area contributed by atoms with Gasteiger partial charge < -0.3 is 20.4 Å². The number of nitrogens with one attached hydrogen (secondary N) is 1. The van der Waals surface area contributed by atoms with Crippen LogP contribution in [-0.2, 0) is 4.79 Å². The number of aliphatic hydroxyl groups is 2. The molecule has 0 aliphatic carbocycles. The van der Waals surface area contributed by atoms with Gasteiger partial charge in [0.2, 0.25) is 11.9 Å². The summed E-state index contributed by atoms with van der Waals surface area (Å²) < 4.78 is 0. The van der Waals surface area contributed by atoms with E-state index in [1.165, 1.54) is 0 Å². The van der Waals surface area contributed by atoms with Gasteiger partial charge in [0.25, 0.3) is 0 Å². The molecule has 7 heteroatoms. The third-order valence-electron chi connectivity index (χ3n) is 3.15. The van der Waals surface area contributed by atoms with Gasteiger partial charge in [0.1, 0.15) is 6.04 Å². The highest BCUT2D eigenvalue weighted by Crippen LogP contribution is 2.21. The lowest BCUT2D eigenvalue weighted by atomic mass is 10.2. The Hall–Kier alpha value is -1.73. The third kappa shape index (κ3) is 3.18. The summed E-state index contributed by atoms with van der Waals surface area (Å²) in [5.74, 6) is 0.322. The third-order valence-corrected chi connectivity index (χ3v) is 3.15. The quantitative estimate of drug-likeness (QED) is 0.627. The number of hydrogen-bond acceptors (Lipinski definition) is 6. The highest BCUT2D eigenvalue weighted by molar-refractivity contribution is 5.85. The van der Waals surface area contributed by atoms with Crippen LogP contribution in [0.15, 0.2) is 18.5 Å². The van der Waals surface area contributed by atoms with Crippen molar-refractivity contribution in [3.63, 3.8) is 0 Å². The Bertz CT molecular complexity index is 411. The van der Waals surface area contributed by atoms with E-state index in [2.05, 4.69) is 15.3 Å². The van der Waals surface area contributed by atoms with Crippen LogP contribution in [0.4, 0.5) is 5.95 Å². The van der Waals surface area contributed by atoms with E-state index < -0.39 is 6.04 Å². The normalized spacial score (nSPS) is 18.9. The molecule has 7 nitrogen and oxygen atoms in total. The standard InChI is InChI=1S/C12H18N4O3/c17-7-9(8-18)15-11(19)10-3-1-6-16(10)12-13-4-2-5-14-12/h2,4-5,9-10,17-18H,1,3,6-8H2,(H,15,19). The maximum atomic E-state index is 12.1. The van der Waals surface area contributed by atoms with Gasteiger partial charge in [0.05, 0.1) is 19.3 Å². The number of nitrogens with zero attached hydrogens (tertiary/aromatic N) is 3. The van der Waals surface area contributed by atoms with Crippen molar-refractivity contribution in [1.29, 1.82) is 0 Å². The average molecular weight is 266 g/mol. The van der Waals surface area contributed by atoms with Gasteiger partial charge in [0.15, 0.2) is 0 Å². The predicted molar refractivity (Wildman–Crippen MR) is 68.5 cm³/mol. The monoisotopic (exact) mass is 266 g/mol. The minimum absolute atomic E-state index is 0.210. The van der Waals surface area contributed by atoms with Gasteiger partial charge in [-0.1, -0.05) is 0 Å². The zero-order valence-electron chi connectivity index (χ0n) is 10.6. The maximum Gasteiger partial charge on any atom is 0.243 e. The minimum atomic E-state index is -0.619. The van der Waals surface area contributed by atoms with Crippen LogP contribution in [-0.4, -0.2) is 57.9 Å². The van der Waals surface area contributed by atoms with E-state index >= 15 is 0 Å². The van der Waals surface area contributed by atoms with Crippen LogP contribution in [0.3, 0.4) is 0 Å². The minimum Gasteiger partial charge on any atom is -0.394 e. The van der Waals surface area contributed by atoms with Crippen molar-refractivity contribution in [1.82, 2.24) is 15.3 Å². The summed E-state index contributed by atoms with van der Waals surface area (Å²) in [5, 5.41) is 20.6. The van der Waals surface area contributed by atoms with Gasteiger partial charge in [-0.3, -0.25) is 4.79 Å². The SMILES string of the molecule is O=C(NC(CO)CO)C1CCCN1c1ncccn1. The molecule has 0 aromatic carbocycles. The van der Waals surface area contributed by atoms with E-state index in [9.17, 15) is 4.79 Å². The summed E-state index contributed by atoms with van der Waals surface area (Å²) in [6, 6.07) is 0.761. The first-order valence-corrected chi connectivity index (χ1v) is 6.32. The number of aliphatic hydroxyl groups excluding tert-OH is 2. The lowest BCUT2D eigenvalue weighted by Crippen LogP contribution is -2.49. The molecule has 1 aromatic rings. The van der Waals surface area contributed by atoms with Crippen LogP contribution in [0.1, 0.15) is 12.8 Å². The van der Waals surface area contributed by atoms with Crippen molar-refractivity contribution in [3.05, 3.63) is 18.5 Å². The van der Waals surface area contributed by atoms with Gasteiger partial charge in [-0.05, 0) is 18.9 Å². The van der Waals surface area contributed by atoms with E-state index in [1.807, 2.05) is 4.90 Å². The van der Waals surface area contributed by atoms with Crippen molar-refractivity contribution >= 4 is 11.9 Å². The largest absolute Gasteiger partial charge is 0.394 e. The molecule has 0 bridgehead atoms.